The molecule has 1 aromatic rings. The third-order valence-electron chi connectivity index (χ3n) is 1.86. The number of carbonyl (C=O) groups is 1. The number of hydrogen-bond donors (Lipinski definition) is 0. The molecule has 0 atom stereocenters. The van der Waals surface area contributed by atoms with Crippen molar-refractivity contribution in [1.29, 1.82) is 0 Å². The normalized spacial score (nSPS) is 10.9. The molecule has 0 aromatic heterocycles. The van der Waals surface area contributed by atoms with E-state index in [4.69, 9.17) is 0 Å². The van der Waals surface area contributed by atoms with Crippen molar-refractivity contribution in [2.45, 2.75) is 18.7 Å². The highest BCUT2D eigenvalue weighted by Crippen LogP contribution is 2.13. The molecule has 0 heterocycles. The first-order chi connectivity index (χ1) is 7.83. The lowest BCUT2D eigenvalue weighted by Gasteiger charge is -2.04. The zero-order valence-electron chi connectivity index (χ0n) is 9.47. The Morgan fingerprint density at radius 1 is 1.24 bits per heavy atom. The van der Waals surface area contributed by atoms with Crippen molar-refractivity contribution >= 4 is 16.1 Å². The zero-order valence-corrected chi connectivity index (χ0v) is 10.3. The highest BCUT2D eigenvalue weighted by atomic mass is 32.2. The summed E-state index contributed by atoms with van der Waals surface area (Å²) in [4.78, 5) is 15.0. The van der Waals surface area contributed by atoms with Crippen molar-refractivity contribution in [3.63, 3.8) is 0 Å². The lowest BCUT2D eigenvalue weighted by molar-refractivity contribution is -0.205. The molecule has 0 saturated carbocycles. The maximum Gasteiger partial charge on any atom is 0.369 e. The monoisotopic (exact) mass is 256 g/mol. The Hall–Kier alpha value is -1.66. The van der Waals surface area contributed by atoms with E-state index in [-0.39, 0.29) is 10.5 Å². The maximum absolute atomic E-state index is 11.5. The second-order valence-electron chi connectivity index (χ2n) is 3.49. The molecule has 0 aliphatic carbocycles. The highest BCUT2D eigenvalue weighted by Gasteiger charge is 2.19. The Bertz CT molecular complexity index is 527. The van der Waals surface area contributed by atoms with E-state index in [2.05, 4.69) is 15.8 Å². The van der Waals surface area contributed by atoms with Crippen molar-refractivity contribution in [3.05, 3.63) is 42.0 Å². The summed E-state index contributed by atoms with van der Waals surface area (Å²) in [5.74, 6) is -0.930. The van der Waals surface area contributed by atoms with Crippen LogP contribution in [0.1, 0.15) is 12.5 Å². The summed E-state index contributed by atoms with van der Waals surface area (Å²) in [5, 5.41) is 0. The quantitative estimate of drug-likeness (QED) is 0.466. The number of rotatable bonds is 4. The predicted molar refractivity (Wildman–Crippen MR) is 60.4 cm³/mol. The van der Waals surface area contributed by atoms with Crippen LogP contribution in [0.3, 0.4) is 0 Å². The van der Waals surface area contributed by atoms with E-state index >= 15 is 0 Å². The number of aryl methyl sites for hydroxylation is 1. The Morgan fingerprint density at radius 3 is 2.24 bits per heavy atom. The highest BCUT2D eigenvalue weighted by molar-refractivity contribution is 7.86. The molecule has 1 rings (SSSR count). The van der Waals surface area contributed by atoms with Crippen molar-refractivity contribution in [1.82, 2.24) is 0 Å². The zero-order chi connectivity index (χ0) is 13.1. The smallest absolute Gasteiger partial charge is 0.276 e. The van der Waals surface area contributed by atoms with Crippen LogP contribution in [0, 0.1) is 6.92 Å². The molecular formula is C11H12O5S. The van der Waals surface area contributed by atoms with Crippen LogP contribution in [0.25, 0.3) is 0 Å². The van der Waals surface area contributed by atoms with Gasteiger partial charge in [0.1, 0.15) is 0 Å². The van der Waals surface area contributed by atoms with Crippen LogP contribution in [-0.2, 0) is 24.1 Å². The minimum Gasteiger partial charge on any atom is -0.276 e. The predicted octanol–water partition coefficient (Wildman–Crippen LogP) is 1.73. The molecule has 0 bridgehead atoms. The van der Waals surface area contributed by atoms with Gasteiger partial charge in [-0.3, -0.25) is 4.89 Å². The fourth-order valence-electron chi connectivity index (χ4n) is 0.891. The molecule has 0 spiro atoms. The van der Waals surface area contributed by atoms with Gasteiger partial charge >= 0.3 is 16.1 Å². The van der Waals surface area contributed by atoms with Crippen molar-refractivity contribution in [2.24, 2.45) is 0 Å². The van der Waals surface area contributed by atoms with E-state index in [0.29, 0.717) is 0 Å². The van der Waals surface area contributed by atoms with E-state index in [0.717, 1.165) is 5.56 Å². The Balaban J connectivity index is 2.79. The third kappa shape index (κ3) is 3.69. The van der Waals surface area contributed by atoms with Crippen LogP contribution < -0.4 is 0 Å². The van der Waals surface area contributed by atoms with Gasteiger partial charge in [0.15, 0.2) is 0 Å². The molecule has 0 aliphatic heterocycles. The fraction of sp³-hybridized carbons (Fsp3) is 0.182. The lowest BCUT2D eigenvalue weighted by atomic mass is 10.2. The van der Waals surface area contributed by atoms with E-state index in [1.807, 2.05) is 6.92 Å². The first-order valence-corrected chi connectivity index (χ1v) is 6.11. The number of benzene rings is 1. The molecule has 17 heavy (non-hydrogen) atoms. The molecule has 0 fully saturated rings. The minimum atomic E-state index is -4.09. The van der Waals surface area contributed by atoms with Crippen molar-refractivity contribution in [2.75, 3.05) is 0 Å². The van der Waals surface area contributed by atoms with Gasteiger partial charge in [-0.15, -0.1) is 0 Å². The second kappa shape index (κ2) is 5.11. The van der Waals surface area contributed by atoms with Gasteiger partial charge in [0.25, 0.3) is 0 Å². The summed E-state index contributed by atoms with van der Waals surface area (Å²) >= 11 is 0. The molecule has 1 aromatic carbocycles. The molecule has 5 nitrogen and oxygen atoms in total. The standard InChI is InChI=1S/C11H12O5S/c1-8(2)11(12)15-16-17(13,14)10-6-4-9(3)5-7-10/h4-7H,1H2,2-3H3. The van der Waals surface area contributed by atoms with Gasteiger partial charge in [-0.25, -0.2) is 4.79 Å². The van der Waals surface area contributed by atoms with Crippen LogP contribution in [0.2, 0.25) is 0 Å². The van der Waals surface area contributed by atoms with E-state index in [9.17, 15) is 13.2 Å². The van der Waals surface area contributed by atoms with Crippen LogP contribution in [0.4, 0.5) is 0 Å². The molecule has 0 unspecified atom stereocenters. The van der Waals surface area contributed by atoms with Gasteiger partial charge in [0.05, 0.1) is 4.90 Å². The summed E-state index contributed by atoms with van der Waals surface area (Å²) in [7, 11) is -4.09. The van der Waals surface area contributed by atoms with Gasteiger partial charge in [-0.05, 0) is 30.3 Å². The van der Waals surface area contributed by atoms with Gasteiger partial charge in [-0.1, -0.05) is 24.3 Å². The molecule has 0 radical (unpaired) electrons. The van der Waals surface area contributed by atoms with Crippen molar-refractivity contribution in [3.8, 4) is 0 Å². The topological polar surface area (TPSA) is 69.7 Å². The van der Waals surface area contributed by atoms with E-state index < -0.39 is 16.1 Å². The van der Waals surface area contributed by atoms with Crippen LogP contribution in [0.5, 0.6) is 0 Å². The Kier molecular flexibility index (Phi) is 4.03. The Morgan fingerprint density at radius 2 is 1.76 bits per heavy atom. The Labute approximate surface area is 99.7 Å². The molecule has 0 aliphatic rings. The maximum atomic E-state index is 11.5. The molecule has 0 saturated heterocycles. The minimum absolute atomic E-state index is 0.0455. The van der Waals surface area contributed by atoms with Gasteiger partial charge < -0.3 is 0 Å². The first kappa shape index (κ1) is 13.4. The van der Waals surface area contributed by atoms with Crippen LogP contribution >= 0.6 is 0 Å². The SMILES string of the molecule is C=C(C)C(=O)OOS(=O)(=O)c1ccc(C)cc1. The first-order valence-electron chi connectivity index (χ1n) is 4.70. The molecule has 6 heteroatoms. The number of carbonyl (C=O) groups excluding carboxylic acids is 1. The summed E-state index contributed by atoms with van der Waals surface area (Å²) in [6.45, 7) is 6.49. The van der Waals surface area contributed by atoms with Gasteiger partial charge in [-0.2, -0.15) is 8.42 Å². The average Bonchev–Trinajstić information content (AvgIpc) is 2.26. The van der Waals surface area contributed by atoms with E-state index in [1.165, 1.54) is 19.1 Å². The second-order valence-corrected chi connectivity index (χ2v) is 5.00. The van der Waals surface area contributed by atoms with Gasteiger partial charge in [0.2, 0.25) is 0 Å². The average molecular weight is 256 g/mol. The van der Waals surface area contributed by atoms with Crippen LogP contribution in [-0.4, -0.2) is 14.4 Å². The number of hydrogen-bond acceptors (Lipinski definition) is 5. The summed E-state index contributed by atoms with van der Waals surface area (Å²) in [6.07, 6.45) is 0. The fourth-order valence-corrected chi connectivity index (χ4v) is 1.59. The molecular weight excluding hydrogens is 244 g/mol. The molecule has 0 N–H and O–H groups in total. The summed E-state index contributed by atoms with van der Waals surface area (Å²) in [5.41, 5.74) is 0.951. The van der Waals surface area contributed by atoms with Gasteiger partial charge in [0, 0.05) is 5.57 Å². The third-order valence-corrected chi connectivity index (χ3v) is 2.95. The molecule has 0 amide bonds. The van der Waals surface area contributed by atoms with Crippen molar-refractivity contribution < 1.29 is 22.4 Å². The summed E-state index contributed by atoms with van der Waals surface area (Å²) < 4.78 is 27.2. The molecule has 92 valence electrons. The largest absolute Gasteiger partial charge is 0.369 e. The lowest BCUT2D eigenvalue weighted by Crippen LogP contribution is -2.12. The van der Waals surface area contributed by atoms with E-state index in [1.54, 1.807) is 12.1 Å². The van der Waals surface area contributed by atoms with Crippen LogP contribution in [0.15, 0.2) is 41.3 Å². The summed E-state index contributed by atoms with van der Waals surface area (Å²) in [6, 6.07) is 5.94.